The smallest absolute Gasteiger partial charge is 0.254 e. The van der Waals surface area contributed by atoms with Crippen molar-refractivity contribution in [2.75, 3.05) is 6.61 Å². The van der Waals surface area contributed by atoms with Crippen LogP contribution in [-0.4, -0.2) is 41.5 Å². The van der Waals surface area contributed by atoms with Gasteiger partial charge in [0.2, 0.25) is 15.0 Å². The predicted molar refractivity (Wildman–Crippen MR) is 137 cm³/mol. The summed E-state index contributed by atoms with van der Waals surface area (Å²) in [5.74, 6) is -1.53. The summed E-state index contributed by atoms with van der Waals surface area (Å²) >= 11 is 0. The molecule has 1 atom stereocenters. The topological polar surface area (TPSA) is 94.6 Å². The van der Waals surface area contributed by atoms with Crippen molar-refractivity contribution in [1.82, 2.24) is 14.5 Å². The number of rotatable bonds is 10. The van der Waals surface area contributed by atoms with Gasteiger partial charge in [-0.2, -0.15) is 0 Å². The molecule has 3 heterocycles. The Hall–Kier alpha value is -3.83. The molecule has 8 nitrogen and oxygen atoms in total. The largest absolute Gasteiger partial charge is 0.467 e. The van der Waals surface area contributed by atoms with E-state index < -0.39 is 33.1 Å². The minimum absolute atomic E-state index is 0.00809. The summed E-state index contributed by atoms with van der Waals surface area (Å²) in [6.07, 6.45) is 4.27. The van der Waals surface area contributed by atoms with Gasteiger partial charge in [-0.15, -0.1) is 0 Å². The fraction of sp³-hybridized carbons (Fsp3) is 0.286. The average molecular weight is 556 g/mol. The molecule has 0 radical (unpaired) electrons. The predicted octanol–water partition coefficient (Wildman–Crippen LogP) is 4.75. The molecule has 5 rings (SSSR count). The molecule has 0 saturated carbocycles. The molecule has 39 heavy (non-hydrogen) atoms. The number of carbonyl (C=O) groups excluding carboxylic acids is 1. The monoisotopic (exact) mass is 555 g/mol. The van der Waals surface area contributed by atoms with Gasteiger partial charge in [0.1, 0.15) is 17.4 Å². The van der Waals surface area contributed by atoms with Gasteiger partial charge in [0.05, 0.1) is 49.6 Å². The minimum Gasteiger partial charge on any atom is -0.467 e. The Balaban J connectivity index is 1.50. The molecular formula is C28H27F2N3O5S. The van der Waals surface area contributed by atoms with Gasteiger partial charge >= 0.3 is 0 Å². The van der Waals surface area contributed by atoms with Crippen LogP contribution >= 0.6 is 0 Å². The maximum Gasteiger partial charge on any atom is 0.254 e. The van der Waals surface area contributed by atoms with Crippen LogP contribution in [0, 0.1) is 11.6 Å². The Morgan fingerprint density at radius 2 is 1.85 bits per heavy atom. The Labute approximate surface area is 224 Å². The zero-order valence-electron chi connectivity index (χ0n) is 21.0. The molecule has 2 aromatic carbocycles. The van der Waals surface area contributed by atoms with Crippen molar-refractivity contribution in [3.8, 4) is 0 Å². The van der Waals surface area contributed by atoms with Crippen molar-refractivity contribution in [2.24, 2.45) is 0 Å². The average Bonchev–Trinajstić information content (AvgIpc) is 3.69. The highest BCUT2D eigenvalue weighted by Gasteiger charge is 2.29. The summed E-state index contributed by atoms with van der Waals surface area (Å²) < 4.78 is 67.5. The van der Waals surface area contributed by atoms with Crippen LogP contribution in [0.3, 0.4) is 0 Å². The second kappa shape index (κ2) is 11.5. The van der Waals surface area contributed by atoms with Crippen molar-refractivity contribution >= 4 is 15.7 Å². The quantitative estimate of drug-likeness (QED) is 0.280. The Bertz CT molecular complexity index is 1530. The zero-order valence-corrected chi connectivity index (χ0v) is 21.8. The number of furan rings is 1. The number of imidazole rings is 1. The first-order valence-corrected chi connectivity index (χ1v) is 14.1. The molecule has 11 heteroatoms. The van der Waals surface area contributed by atoms with Gasteiger partial charge in [-0.25, -0.2) is 22.2 Å². The zero-order chi connectivity index (χ0) is 27.4. The van der Waals surface area contributed by atoms with E-state index in [4.69, 9.17) is 9.15 Å². The van der Waals surface area contributed by atoms with Crippen LogP contribution in [0.25, 0.3) is 0 Å². The van der Waals surface area contributed by atoms with E-state index in [1.807, 2.05) is 0 Å². The van der Waals surface area contributed by atoms with Gasteiger partial charge in [0.25, 0.3) is 5.91 Å². The molecule has 0 N–H and O–H groups in total. The Morgan fingerprint density at radius 3 is 2.54 bits per heavy atom. The van der Waals surface area contributed by atoms with Crippen molar-refractivity contribution in [3.63, 3.8) is 0 Å². The molecule has 0 spiro atoms. The lowest BCUT2D eigenvalue weighted by atomic mass is 10.2. The van der Waals surface area contributed by atoms with Gasteiger partial charge in [0.15, 0.2) is 0 Å². The first-order chi connectivity index (χ1) is 18.8. The van der Waals surface area contributed by atoms with Crippen LogP contribution in [0.15, 0.2) is 82.7 Å². The number of amides is 1. The van der Waals surface area contributed by atoms with Crippen LogP contribution in [0.5, 0.6) is 0 Å². The van der Waals surface area contributed by atoms with E-state index in [0.29, 0.717) is 18.1 Å². The maximum atomic E-state index is 14.3. The summed E-state index contributed by atoms with van der Waals surface area (Å²) in [6, 6.07) is 14.3. The molecule has 1 amide bonds. The Morgan fingerprint density at radius 1 is 1.05 bits per heavy atom. The highest BCUT2D eigenvalue weighted by Crippen LogP contribution is 2.24. The van der Waals surface area contributed by atoms with E-state index in [0.717, 1.165) is 12.8 Å². The number of nitrogens with zero attached hydrogens (tertiary/aromatic N) is 3. The molecule has 4 aromatic rings. The first kappa shape index (κ1) is 26.8. The molecule has 204 valence electrons. The van der Waals surface area contributed by atoms with Crippen molar-refractivity contribution in [2.45, 2.75) is 49.5 Å². The lowest BCUT2D eigenvalue weighted by Crippen LogP contribution is -2.32. The van der Waals surface area contributed by atoms with E-state index in [9.17, 15) is 22.0 Å². The molecule has 1 aliphatic heterocycles. The fourth-order valence-corrected chi connectivity index (χ4v) is 6.11. The van der Waals surface area contributed by atoms with Gasteiger partial charge < -0.3 is 18.6 Å². The number of sulfone groups is 1. The molecule has 0 aliphatic carbocycles. The second-order valence-electron chi connectivity index (χ2n) is 9.38. The summed E-state index contributed by atoms with van der Waals surface area (Å²) in [5.41, 5.74) is 0.761. The minimum atomic E-state index is -4.06. The van der Waals surface area contributed by atoms with Crippen LogP contribution in [0.2, 0.25) is 0 Å². The van der Waals surface area contributed by atoms with E-state index in [2.05, 4.69) is 4.98 Å². The third-order valence-corrected chi connectivity index (χ3v) is 8.12. The van der Waals surface area contributed by atoms with Gasteiger partial charge in [-0.05, 0) is 55.3 Å². The first-order valence-electron chi connectivity index (χ1n) is 12.5. The van der Waals surface area contributed by atoms with Crippen LogP contribution in [-0.2, 0) is 40.0 Å². The summed E-state index contributed by atoms with van der Waals surface area (Å²) in [4.78, 5) is 19.2. The summed E-state index contributed by atoms with van der Waals surface area (Å²) in [6.45, 7) is 0.859. The molecule has 1 fully saturated rings. The SMILES string of the molecule is O=C(c1ccc(F)cc1)N(Cc1ccco1)Cc1cnc(S(=O)(=O)Cc2ccccc2F)n1C[C@@H]1CCCO1. The summed E-state index contributed by atoms with van der Waals surface area (Å²) in [7, 11) is -4.06. The lowest BCUT2D eigenvalue weighted by molar-refractivity contribution is 0.0705. The molecular weight excluding hydrogens is 528 g/mol. The number of ether oxygens (including phenoxy) is 1. The number of aromatic nitrogens is 2. The molecule has 1 aliphatic rings. The van der Waals surface area contributed by atoms with Gasteiger partial charge in [-0.3, -0.25) is 4.79 Å². The van der Waals surface area contributed by atoms with E-state index in [-0.39, 0.29) is 42.0 Å². The van der Waals surface area contributed by atoms with Crippen LogP contribution in [0.1, 0.15) is 40.2 Å². The van der Waals surface area contributed by atoms with Crippen molar-refractivity contribution < 1.29 is 31.1 Å². The van der Waals surface area contributed by atoms with Crippen LogP contribution in [0.4, 0.5) is 8.78 Å². The van der Waals surface area contributed by atoms with Crippen LogP contribution < -0.4 is 0 Å². The van der Waals surface area contributed by atoms with Gasteiger partial charge in [0, 0.05) is 17.7 Å². The standard InChI is InChI=1S/C28H27F2N3O5S/c29-22-11-9-20(10-12-22)27(34)32(17-24-6-3-13-37-24)16-23-15-31-28(33(23)18-25-7-4-14-38-25)39(35,36)19-21-5-1-2-8-26(21)30/h1-3,5-6,8-13,15,25H,4,7,14,16-19H2/t25-/m0/s1. The van der Waals surface area contributed by atoms with Crippen molar-refractivity contribution in [3.05, 3.63) is 107 Å². The number of halogens is 2. The van der Waals surface area contributed by atoms with Gasteiger partial charge in [-0.1, -0.05) is 18.2 Å². The highest BCUT2D eigenvalue weighted by molar-refractivity contribution is 7.90. The summed E-state index contributed by atoms with van der Waals surface area (Å²) in [5, 5.41) is -0.219. The molecule has 2 aromatic heterocycles. The van der Waals surface area contributed by atoms with Crippen molar-refractivity contribution in [1.29, 1.82) is 0 Å². The Kier molecular flexibility index (Phi) is 7.89. The van der Waals surface area contributed by atoms with E-state index >= 15 is 0 Å². The third-order valence-electron chi connectivity index (χ3n) is 6.55. The second-order valence-corrected chi connectivity index (χ2v) is 11.3. The number of carbonyl (C=O) groups is 1. The number of benzene rings is 2. The molecule has 1 saturated heterocycles. The fourth-order valence-electron chi connectivity index (χ4n) is 4.60. The molecule has 0 bridgehead atoms. The third kappa shape index (κ3) is 6.26. The highest BCUT2D eigenvalue weighted by atomic mass is 32.2. The van der Waals surface area contributed by atoms with E-state index in [1.165, 1.54) is 59.8 Å². The lowest BCUT2D eigenvalue weighted by Gasteiger charge is -2.24. The molecule has 0 unspecified atom stereocenters. The normalized spacial score (nSPS) is 15.5. The number of hydrogen-bond acceptors (Lipinski definition) is 6. The number of hydrogen-bond donors (Lipinski definition) is 0. The maximum absolute atomic E-state index is 14.3. The van der Waals surface area contributed by atoms with E-state index in [1.54, 1.807) is 22.8 Å².